The van der Waals surface area contributed by atoms with E-state index in [0.29, 0.717) is 19.1 Å². The van der Waals surface area contributed by atoms with Gasteiger partial charge in [0, 0.05) is 44.6 Å². The predicted molar refractivity (Wildman–Crippen MR) is 123 cm³/mol. The zero-order valence-electron chi connectivity index (χ0n) is 18.9. The van der Waals surface area contributed by atoms with Crippen LogP contribution in [0, 0.1) is 10.8 Å². The fraction of sp³-hybridized carbons (Fsp3) is 0.556. The molecule has 0 N–H and O–H groups in total. The van der Waals surface area contributed by atoms with Crippen molar-refractivity contribution in [2.24, 2.45) is 10.8 Å². The predicted octanol–water partition coefficient (Wildman–Crippen LogP) is 4.06. The summed E-state index contributed by atoms with van der Waals surface area (Å²) in [6.45, 7) is 3.86. The second kappa shape index (κ2) is 9.32. The van der Waals surface area contributed by atoms with Gasteiger partial charge < -0.3 is 14.4 Å². The van der Waals surface area contributed by atoms with Crippen LogP contribution in [0.2, 0.25) is 0 Å². The highest BCUT2D eigenvalue weighted by Crippen LogP contribution is 2.44. The molecule has 0 radical (unpaired) electrons. The van der Waals surface area contributed by atoms with E-state index in [1.54, 1.807) is 0 Å². The average molecular weight is 435 g/mol. The molecule has 3 aliphatic rings. The average Bonchev–Trinajstić information content (AvgIpc) is 3.22. The van der Waals surface area contributed by atoms with E-state index >= 15 is 0 Å². The minimum Gasteiger partial charge on any atom is -0.381 e. The third-order valence-electron chi connectivity index (χ3n) is 7.85. The van der Waals surface area contributed by atoms with E-state index in [9.17, 15) is 4.79 Å². The van der Waals surface area contributed by atoms with Gasteiger partial charge in [-0.05, 0) is 61.6 Å². The number of rotatable bonds is 5. The quantitative estimate of drug-likeness (QED) is 0.712. The lowest BCUT2D eigenvalue weighted by atomic mass is 9.72. The van der Waals surface area contributed by atoms with Crippen molar-refractivity contribution >= 4 is 5.91 Å². The Morgan fingerprint density at radius 2 is 1.75 bits per heavy atom. The molecule has 1 atom stereocenters. The fourth-order valence-electron chi connectivity index (χ4n) is 5.86. The van der Waals surface area contributed by atoms with Gasteiger partial charge >= 0.3 is 0 Å². The van der Waals surface area contributed by atoms with Crippen LogP contribution in [0.15, 0.2) is 54.7 Å². The highest BCUT2D eigenvalue weighted by molar-refractivity contribution is 5.83. The van der Waals surface area contributed by atoms with Crippen molar-refractivity contribution in [1.29, 1.82) is 0 Å². The second-order valence-corrected chi connectivity index (χ2v) is 10.0. The first-order valence-electron chi connectivity index (χ1n) is 12.1. The van der Waals surface area contributed by atoms with Gasteiger partial charge in [-0.2, -0.15) is 0 Å². The molecule has 0 unspecified atom stereocenters. The molecular formula is C27H34N2O3. The Kier molecular flexibility index (Phi) is 6.29. The van der Waals surface area contributed by atoms with Gasteiger partial charge in [0.15, 0.2) is 0 Å². The van der Waals surface area contributed by atoms with Crippen molar-refractivity contribution in [2.45, 2.75) is 51.0 Å². The molecule has 5 heteroatoms. The number of aromatic nitrogens is 1. The molecule has 170 valence electrons. The Morgan fingerprint density at radius 3 is 2.47 bits per heavy atom. The van der Waals surface area contributed by atoms with Crippen molar-refractivity contribution in [3.05, 3.63) is 66.0 Å². The molecule has 5 rings (SSSR count). The number of piperidine rings is 1. The molecule has 1 amide bonds. The van der Waals surface area contributed by atoms with Crippen LogP contribution in [-0.2, 0) is 27.1 Å². The summed E-state index contributed by atoms with van der Waals surface area (Å²) in [6.07, 6.45) is 8.57. The van der Waals surface area contributed by atoms with E-state index in [-0.39, 0.29) is 16.9 Å². The minimum atomic E-state index is -0.322. The largest absolute Gasteiger partial charge is 0.381 e. The topological polar surface area (TPSA) is 51.7 Å². The van der Waals surface area contributed by atoms with Gasteiger partial charge in [0.25, 0.3) is 0 Å². The summed E-state index contributed by atoms with van der Waals surface area (Å²) in [4.78, 5) is 20.4. The SMILES string of the molecule is O=C(N1CCC2(CC1)CO[C@@H](Cc1ccccn1)C2)C1(Cc2ccccc2)CCOCC1. The molecule has 3 saturated heterocycles. The van der Waals surface area contributed by atoms with Crippen LogP contribution in [0.4, 0.5) is 0 Å². The van der Waals surface area contributed by atoms with Gasteiger partial charge in [-0.3, -0.25) is 9.78 Å². The summed E-state index contributed by atoms with van der Waals surface area (Å²) >= 11 is 0. The zero-order chi connectivity index (χ0) is 21.9. The second-order valence-electron chi connectivity index (χ2n) is 10.0. The van der Waals surface area contributed by atoms with Crippen LogP contribution in [0.25, 0.3) is 0 Å². The molecule has 1 aromatic carbocycles. The standard InChI is InChI=1S/C27H34N2O3/c30-25(27(11-16-31-17-12-27)19-22-6-2-1-3-7-22)29-14-9-26(10-15-29)20-24(32-21-26)18-23-8-4-5-13-28-23/h1-8,13,24H,9-12,14-21H2/t24-/m0/s1. The lowest BCUT2D eigenvalue weighted by Gasteiger charge is -2.44. The first-order chi connectivity index (χ1) is 15.7. The molecule has 0 aliphatic carbocycles. The van der Waals surface area contributed by atoms with Gasteiger partial charge in [-0.25, -0.2) is 0 Å². The van der Waals surface area contributed by atoms with E-state index in [4.69, 9.17) is 9.47 Å². The number of benzene rings is 1. The lowest BCUT2D eigenvalue weighted by Crippen LogP contribution is -2.52. The van der Waals surface area contributed by atoms with E-state index in [1.165, 1.54) is 5.56 Å². The van der Waals surface area contributed by atoms with Gasteiger partial charge in [0.1, 0.15) is 0 Å². The Labute approximate surface area is 191 Å². The molecule has 1 aromatic heterocycles. The first kappa shape index (κ1) is 21.6. The number of likely N-dealkylation sites (tertiary alicyclic amines) is 1. The van der Waals surface area contributed by atoms with Crippen LogP contribution in [-0.4, -0.2) is 54.8 Å². The number of pyridine rings is 1. The smallest absolute Gasteiger partial charge is 0.229 e. The van der Waals surface area contributed by atoms with Crippen molar-refractivity contribution in [3.8, 4) is 0 Å². The number of amides is 1. The molecule has 4 heterocycles. The Hall–Kier alpha value is -2.24. The normalized spacial score (nSPS) is 24.5. The lowest BCUT2D eigenvalue weighted by molar-refractivity contribution is -0.150. The van der Waals surface area contributed by atoms with Crippen LogP contribution in [0.1, 0.15) is 43.4 Å². The van der Waals surface area contributed by atoms with Crippen LogP contribution < -0.4 is 0 Å². The maximum Gasteiger partial charge on any atom is 0.229 e. The van der Waals surface area contributed by atoms with Crippen molar-refractivity contribution in [2.75, 3.05) is 32.9 Å². The van der Waals surface area contributed by atoms with E-state index in [1.807, 2.05) is 24.4 Å². The molecule has 5 nitrogen and oxygen atoms in total. The summed E-state index contributed by atoms with van der Waals surface area (Å²) in [5.41, 5.74) is 2.25. The van der Waals surface area contributed by atoms with Gasteiger partial charge in [-0.15, -0.1) is 0 Å². The highest BCUT2D eigenvalue weighted by atomic mass is 16.5. The number of carbonyl (C=O) groups excluding carboxylic acids is 1. The summed E-state index contributed by atoms with van der Waals surface area (Å²) in [5, 5.41) is 0. The van der Waals surface area contributed by atoms with E-state index in [2.05, 4.69) is 40.2 Å². The van der Waals surface area contributed by atoms with Gasteiger partial charge in [0.05, 0.1) is 18.1 Å². The third kappa shape index (κ3) is 4.60. The molecule has 32 heavy (non-hydrogen) atoms. The van der Waals surface area contributed by atoms with Crippen molar-refractivity contribution < 1.29 is 14.3 Å². The number of hydrogen-bond acceptors (Lipinski definition) is 4. The first-order valence-corrected chi connectivity index (χ1v) is 12.1. The van der Waals surface area contributed by atoms with E-state index < -0.39 is 0 Å². The molecule has 1 spiro atoms. The summed E-state index contributed by atoms with van der Waals surface area (Å²) in [5.74, 6) is 0.337. The maximum absolute atomic E-state index is 13.8. The van der Waals surface area contributed by atoms with Crippen molar-refractivity contribution in [1.82, 2.24) is 9.88 Å². The molecule has 3 fully saturated rings. The molecule has 2 aromatic rings. The Morgan fingerprint density at radius 1 is 1.00 bits per heavy atom. The van der Waals surface area contributed by atoms with Gasteiger partial charge in [-0.1, -0.05) is 36.4 Å². The highest BCUT2D eigenvalue weighted by Gasteiger charge is 2.47. The number of carbonyl (C=O) groups is 1. The Bertz CT molecular complexity index is 888. The van der Waals surface area contributed by atoms with Crippen LogP contribution in [0.3, 0.4) is 0 Å². The summed E-state index contributed by atoms with van der Waals surface area (Å²) < 4.78 is 11.8. The van der Waals surface area contributed by atoms with Crippen LogP contribution >= 0.6 is 0 Å². The van der Waals surface area contributed by atoms with Gasteiger partial charge in [0.2, 0.25) is 5.91 Å². The maximum atomic E-state index is 13.8. The molecule has 0 saturated carbocycles. The number of nitrogens with zero attached hydrogens (tertiary/aromatic N) is 2. The number of ether oxygens (including phenoxy) is 2. The Balaban J connectivity index is 1.21. The molecular weight excluding hydrogens is 400 g/mol. The summed E-state index contributed by atoms with van der Waals surface area (Å²) in [7, 11) is 0. The fourth-order valence-corrected chi connectivity index (χ4v) is 5.86. The zero-order valence-corrected chi connectivity index (χ0v) is 18.9. The summed E-state index contributed by atoms with van der Waals surface area (Å²) in [6, 6.07) is 16.5. The number of hydrogen-bond donors (Lipinski definition) is 0. The van der Waals surface area contributed by atoms with E-state index in [0.717, 1.165) is 70.3 Å². The monoisotopic (exact) mass is 434 g/mol. The molecule has 3 aliphatic heterocycles. The van der Waals surface area contributed by atoms with Crippen molar-refractivity contribution in [3.63, 3.8) is 0 Å². The third-order valence-corrected chi connectivity index (χ3v) is 7.85. The minimum absolute atomic E-state index is 0.221. The molecule has 0 bridgehead atoms. The van der Waals surface area contributed by atoms with Crippen LogP contribution in [0.5, 0.6) is 0 Å².